The van der Waals surface area contributed by atoms with Crippen LogP contribution in [0.1, 0.15) is 34.5 Å². The molecule has 0 spiro atoms. The van der Waals surface area contributed by atoms with E-state index in [2.05, 4.69) is 4.72 Å². The van der Waals surface area contributed by atoms with Gasteiger partial charge in [-0.2, -0.15) is 0 Å². The molecule has 3 aromatic carbocycles. The fraction of sp³-hybridized carbons (Fsp3) is 0.136. The number of carbonyl (C=O) groups excluding carboxylic acids is 1. The van der Waals surface area contributed by atoms with Crippen molar-refractivity contribution in [2.75, 3.05) is 6.26 Å². The van der Waals surface area contributed by atoms with Gasteiger partial charge in [0.2, 0.25) is 19.9 Å². The van der Waals surface area contributed by atoms with Gasteiger partial charge in [-0.15, -0.1) is 0 Å². The lowest BCUT2D eigenvalue weighted by Gasteiger charge is -2.14. The average molecular weight is 496 g/mol. The molecular formula is C22H19ClFNO5S2. The third kappa shape index (κ3) is 5.24. The van der Waals surface area contributed by atoms with Gasteiger partial charge in [-0.25, -0.2) is 25.9 Å². The maximum absolute atomic E-state index is 14.2. The van der Waals surface area contributed by atoms with Gasteiger partial charge in [-0.3, -0.25) is 4.79 Å². The standard InChI is InChI=1S/C22H19ClFNO5S2/c1-14(25-31(2,27)28)15-7-10-17(11-8-15)32(29,30)21-12-9-16(23)13-19(21)22(26)18-5-3-4-6-20(18)24/h3-14,25H,1-2H3/t14-/m0/s1. The summed E-state index contributed by atoms with van der Waals surface area (Å²) in [6.45, 7) is 1.62. The number of benzene rings is 3. The van der Waals surface area contributed by atoms with E-state index in [1.807, 2.05) is 0 Å². The summed E-state index contributed by atoms with van der Waals surface area (Å²) < 4.78 is 66.0. The highest BCUT2D eigenvalue weighted by Gasteiger charge is 2.27. The van der Waals surface area contributed by atoms with E-state index < -0.39 is 37.5 Å². The van der Waals surface area contributed by atoms with E-state index in [1.165, 1.54) is 60.7 Å². The predicted octanol–water partition coefficient (Wildman–Crippen LogP) is 4.15. The first kappa shape index (κ1) is 24.1. The molecule has 0 saturated heterocycles. The number of hydrogen-bond donors (Lipinski definition) is 1. The second-order valence-electron chi connectivity index (χ2n) is 7.13. The summed E-state index contributed by atoms with van der Waals surface area (Å²) in [6.07, 6.45) is 1.02. The summed E-state index contributed by atoms with van der Waals surface area (Å²) in [7, 11) is -7.62. The smallest absolute Gasteiger partial charge is 0.209 e. The molecule has 0 radical (unpaired) electrons. The minimum Gasteiger partial charge on any atom is -0.288 e. The first-order chi connectivity index (χ1) is 14.9. The van der Waals surface area contributed by atoms with Crippen LogP contribution < -0.4 is 4.72 Å². The zero-order valence-electron chi connectivity index (χ0n) is 17.0. The molecule has 0 aliphatic rings. The minimum absolute atomic E-state index is 0.113. The maximum atomic E-state index is 14.2. The van der Waals surface area contributed by atoms with Crippen LogP contribution in [0.15, 0.2) is 76.5 Å². The molecular weight excluding hydrogens is 477 g/mol. The number of hydrogen-bond acceptors (Lipinski definition) is 5. The Bertz CT molecular complexity index is 1390. The number of sulfonamides is 1. The van der Waals surface area contributed by atoms with Crippen LogP contribution in [-0.2, 0) is 19.9 Å². The molecule has 0 bridgehead atoms. The molecule has 6 nitrogen and oxygen atoms in total. The van der Waals surface area contributed by atoms with Crippen LogP contribution in [0.2, 0.25) is 5.02 Å². The van der Waals surface area contributed by atoms with Crippen molar-refractivity contribution in [2.24, 2.45) is 0 Å². The number of ketones is 1. The lowest BCUT2D eigenvalue weighted by molar-refractivity contribution is 0.103. The lowest BCUT2D eigenvalue weighted by Crippen LogP contribution is -2.25. The van der Waals surface area contributed by atoms with Crippen LogP contribution in [-0.4, -0.2) is 28.9 Å². The third-order valence-corrected chi connectivity index (χ3v) is 7.52. The van der Waals surface area contributed by atoms with Crippen LogP contribution in [0, 0.1) is 5.82 Å². The van der Waals surface area contributed by atoms with Crippen LogP contribution in [0.4, 0.5) is 4.39 Å². The molecule has 0 fully saturated rings. The molecule has 0 unspecified atom stereocenters. The quantitative estimate of drug-likeness (QED) is 0.496. The van der Waals surface area contributed by atoms with Crippen molar-refractivity contribution in [3.63, 3.8) is 0 Å². The van der Waals surface area contributed by atoms with Crippen LogP contribution in [0.25, 0.3) is 0 Å². The lowest BCUT2D eigenvalue weighted by atomic mass is 10.0. The van der Waals surface area contributed by atoms with Crippen molar-refractivity contribution in [2.45, 2.75) is 22.8 Å². The van der Waals surface area contributed by atoms with E-state index in [0.29, 0.717) is 5.56 Å². The van der Waals surface area contributed by atoms with E-state index >= 15 is 0 Å². The van der Waals surface area contributed by atoms with E-state index in [0.717, 1.165) is 12.3 Å². The highest BCUT2D eigenvalue weighted by Crippen LogP contribution is 2.29. The van der Waals surface area contributed by atoms with Gasteiger partial charge in [0.05, 0.1) is 21.6 Å². The Morgan fingerprint density at radius 3 is 2.16 bits per heavy atom. The predicted molar refractivity (Wildman–Crippen MR) is 120 cm³/mol. The molecule has 1 atom stereocenters. The minimum atomic E-state index is -4.17. The SMILES string of the molecule is C[C@H](NS(C)(=O)=O)c1ccc(S(=O)(=O)c2ccc(Cl)cc2C(=O)c2ccccc2F)cc1. The normalized spacial score (nSPS) is 13.0. The van der Waals surface area contributed by atoms with Gasteiger partial charge in [0.15, 0.2) is 5.78 Å². The highest BCUT2D eigenvalue weighted by molar-refractivity contribution is 7.91. The summed E-state index contributed by atoms with van der Waals surface area (Å²) >= 11 is 6.00. The molecule has 0 aliphatic heterocycles. The molecule has 3 rings (SSSR count). The Balaban J connectivity index is 2.04. The van der Waals surface area contributed by atoms with Gasteiger partial charge in [0.25, 0.3) is 0 Å². The molecule has 32 heavy (non-hydrogen) atoms. The largest absolute Gasteiger partial charge is 0.288 e. The van der Waals surface area contributed by atoms with Crippen molar-refractivity contribution in [3.05, 3.63) is 94.3 Å². The molecule has 0 aromatic heterocycles. The molecule has 10 heteroatoms. The Hall–Kier alpha value is -2.59. The Labute approximate surface area is 191 Å². The van der Waals surface area contributed by atoms with Crippen LogP contribution >= 0.6 is 11.6 Å². The highest BCUT2D eigenvalue weighted by atomic mass is 35.5. The summed E-state index contributed by atoms with van der Waals surface area (Å²) in [5.41, 5.74) is 0.0224. The van der Waals surface area contributed by atoms with Crippen molar-refractivity contribution >= 4 is 37.2 Å². The zero-order chi connectivity index (χ0) is 23.7. The number of carbonyl (C=O) groups is 1. The second-order valence-corrected chi connectivity index (χ2v) is 11.3. The van der Waals surface area contributed by atoms with E-state index in [9.17, 15) is 26.0 Å². The Kier molecular flexibility index (Phi) is 6.85. The molecule has 1 N–H and O–H groups in total. The monoisotopic (exact) mass is 495 g/mol. The molecule has 168 valence electrons. The van der Waals surface area contributed by atoms with Crippen molar-refractivity contribution in [1.82, 2.24) is 4.72 Å². The summed E-state index contributed by atoms with van der Waals surface area (Å²) in [5.74, 6) is -1.59. The average Bonchev–Trinajstić information content (AvgIpc) is 2.72. The van der Waals surface area contributed by atoms with Crippen LogP contribution in [0.3, 0.4) is 0 Å². The second kappa shape index (κ2) is 9.11. The summed E-state index contributed by atoms with van der Waals surface area (Å²) in [5, 5.41) is 0.125. The van der Waals surface area contributed by atoms with Crippen molar-refractivity contribution in [3.8, 4) is 0 Å². The van der Waals surface area contributed by atoms with Gasteiger partial charge in [0, 0.05) is 16.6 Å². The first-order valence-electron chi connectivity index (χ1n) is 9.31. The van der Waals surface area contributed by atoms with Gasteiger partial charge in [-0.1, -0.05) is 35.9 Å². The first-order valence-corrected chi connectivity index (χ1v) is 13.1. The van der Waals surface area contributed by atoms with Crippen molar-refractivity contribution < 1.29 is 26.0 Å². The van der Waals surface area contributed by atoms with Crippen molar-refractivity contribution in [1.29, 1.82) is 0 Å². The maximum Gasteiger partial charge on any atom is 0.209 e. The molecule has 0 saturated carbocycles. The number of sulfone groups is 1. The van der Waals surface area contributed by atoms with Gasteiger partial charge in [0.1, 0.15) is 5.82 Å². The fourth-order valence-corrected chi connectivity index (χ4v) is 5.54. The van der Waals surface area contributed by atoms with E-state index in [-0.39, 0.29) is 25.9 Å². The summed E-state index contributed by atoms with van der Waals surface area (Å²) in [4.78, 5) is 12.5. The van der Waals surface area contributed by atoms with Gasteiger partial charge >= 0.3 is 0 Å². The van der Waals surface area contributed by atoms with E-state index in [4.69, 9.17) is 11.6 Å². The van der Waals surface area contributed by atoms with E-state index in [1.54, 1.807) is 6.92 Å². The van der Waals surface area contributed by atoms with Crippen LogP contribution in [0.5, 0.6) is 0 Å². The third-order valence-electron chi connectivity index (χ3n) is 4.68. The molecule has 0 aliphatic carbocycles. The molecule has 3 aromatic rings. The Morgan fingerprint density at radius 1 is 0.938 bits per heavy atom. The van der Waals surface area contributed by atoms with Gasteiger partial charge < -0.3 is 0 Å². The zero-order valence-corrected chi connectivity index (χ0v) is 19.4. The fourth-order valence-electron chi connectivity index (χ4n) is 3.16. The van der Waals surface area contributed by atoms with Gasteiger partial charge in [-0.05, 0) is 55.0 Å². The number of nitrogens with one attached hydrogen (secondary N) is 1. The Morgan fingerprint density at radius 2 is 1.56 bits per heavy atom. The number of halogens is 2. The topological polar surface area (TPSA) is 97.4 Å². The molecule has 0 heterocycles. The summed E-state index contributed by atoms with van der Waals surface area (Å²) in [6, 6.07) is 14.0. The molecule has 0 amide bonds. The number of rotatable bonds is 7.